The molecule has 0 saturated heterocycles. The molecule has 0 fully saturated rings. The zero-order valence-electron chi connectivity index (χ0n) is 14.1. The molecule has 2 aromatic rings. The van der Waals surface area contributed by atoms with Crippen molar-refractivity contribution < 1.29 is 22.8 Å². The maximum Gasteiger partial charge on any atom is 0.416 e. The summed E-state index contributed by atoms with van der Waals surface area (Å²) in [5, 5.41) is 8.01. The van der Waals surface area contributed by atoms with Crippen molar-refractivity contribution in [2.45, 2.75) is 19.1 Å². The number of anilines is 2. The maximum atomic E-state index is 12.5. The lowest BCUT2D eigenvalue weighted by atomic mass is 10.1. The number of rotatable bonds is 5. The summed E-state index contributed by atoms with van der Waals surface area (Å²) < 4.78 is 37.6. The van der Waals surface area contributed by atoms with Gasteiger partial charge in [-0.2, -0.15) is 13.2 Å². The molecule has 8 heteroatoms. The summed E-state index contributed by atoms with van der Waals surface area (Å²) in [6.45, 7) is 1.62. The van der Waals surface area contributed by atoms with Crippen LogP contribution < -0.4 is 16.0 Å². The van der Waals surface area contributed by atoms with Gasteiger partial charge in [0, 0.05) is 24.0 Å². The molecular weight excluding hydrogens is 347 g/mol. The van der Waals surface area contributed by atoms with E-state index in [1.807, 2.05) is 0 Å². The molecule has 2 amide bonds. The van der Waals surface area contributed by atoms with Gasteiger partial charge in [-0.25, -0.2) is 0 Å². The lowest BCUT2D eigenvalue weighted by Crippen LogP contribution is -2.31. The average Bonchev–Trinajstić information content (AvgIpc) is 2.61. The van der Waals surface area contributed by atoms with Crippen molar-refractivity contribution in [1.82, 2.24) is 5.32 Å². The fourth-order valence-electron chi connectivity index (χ4n) is 2.17. The van der Waals surface area contributed by atoms with Gasteiger partial charge in [0.1, 0.15) is 6.04 Å². The minimum Gasteiger partial charge on any atom is -0.374 e. The Morgan fingerprint density at radius 3 is 1.96 bits per heavy atom. The van der Waals surface area contributed by atoms with Crippen LogP contribution >= 0.6 is 0 Å². The molecule has 0 unspecified atom stereocenters. The van der Waals surface area contributed by atoms with Gasteiger partial charge in [0.15, 0.2) is 0 Å². The first-order chi connectivity index (χ1) is 12.2. The van der Waals surface area contributed by atoms with E-state index in [4.69, 9.17) is 0 Å². The number of hydrogen-bond acceptors (Lipinski definition) is 3. The van der Waals surface area contributed by atoms with Crippen LogP contribution in [-0.2, 0) is 11.0 Å². The molecule has 0 aliphatic rings. The Labute approximate surface area is 148 Å². The van der Waals surface area contributed by atoms with Gasteiger partial charge in [-0.05, 0) is 55.5 Å². The van der Waals surface area contributed by atoms with Crippen molar-refractivity contribution in [2.24, 2.45) is 0 Å². The standard InChI is InChI=1S/C18H18F3N3O2/c1-11(23-14-7-3-12(4-8-14)17(26)22-2)16(25)24-15-9-5-13(6-10-15)18(19,20)21/h3-11,23H,1-2H3,(H,22,26)(H,24,25)/t11-/m0/s1. The third-order valence-corrected chi connectivity index (χ3v) is 3.63. The number of hydrogen-bond donors (Lipinski definition) is 3. The van der Waals surface area contributed by atoms with Crippen LogP contribution in [0.15, 0.2) is 48.5 Å². The molecule has 3 N–H and O–H groups in total. The predicted molar refractivity (Wildman–Crippen MR) is 93.0 cm³/mol. The molecule has 0 aliphatic carbocycles. The second kappa shape index (κ2) is 7.90. The van der Waals surface area contributed by atoms with E-state index < -0.39 is 23.7 Å². The average molecular weight is 365 g/mol. The number of amides is 2. The van der Waals surface area contributed by atoms with Crippen LogP contribution in [0.5, 0.6) is 0 Å². The van der Waals surface area contributed by atoms with Crippen molar-refractivity contribution >= 4 is 23.2 Å². The Bertz CT molecular complexity index is 772. The number of benzene rings is 2. The fourth-order valence-corrected chi connectivity index (χ4v) is 2.17. The largest absolute Gasteiger partial charge is 0.416 e. The van der Waals surface area contributed by atoms with Crippen molar-refractivity contribution in [1.29, 1.82) is 0 Å². The monoisotopic (exact) mass is 365 g/mol. The molecule has 0 spiro atoms. The highest BCUT2D eigenvalue weighted by atomic mass is 19.4. The summed E-state index contributed by atoms with van der Waals surface area (Å²) in [6, 6.07) is 10.1. The SMILES string of the molecule is CNC(=O)c1ccc(N[C@@H](C)C(=O)Nc2ccc(C(F)(F)F)cc2)cc1. The van der Waals surface area contributed by atoms with Gasteiger partial charge in [0.2, 0.25) is 5.91 Å². The number of nitrogens with one attached hydrogen (secondary N) is 3. The number of carbonyl (C=O) groups excluding carboxylic acids is 2. The molecule has 0 bridgehead atoms. The van der Waals surface area contributed by atoms with Crippen LogP contribution in [0.4, 0.5) is 24.5 Å². The minimum atomic E-state index is -4.42. The van der Waals surface area contributed by atoms with Crippen molar-refractivity contribution in [2.75, 3.05) is 17.7 Å². The molecule has 26 heavy (non-hydrogen) atoms. The predicted octanol–water partition coefficient (Wildman–Crippen LogP) is 3.50. The Balaban J connectivity index is 1.96. The number of carbonyl (C=O) groups is 2. The van der Waals surface area contributed by atoms with Crippen LogP contribution in [0.3, 0.4) is 0 Å². The summed E-state index contributed by atoms with van der Waals surface area (Å²) in [4.78, 5) is 23.6. The Kier molecular flexibility index (Phi) is 5.86. The van der Waals surface area contributed by atoms with Crippen LogP contribution in [0.1, 0.15) is 22.8 Å². The lowest BCUT2D eigenvalue weighted by Gasteiger charge is -2.16. The van der Waals surface area contributed by atoms with E-state index in [2.05, 4.69) is 16.0 Å². The summed E-state index contributed by atoms with van der Waals surface area (Å²) in [6.07, 6.45) is -4.42. The highest BCUT2D eigenvalue weighted by Crippen LogP contribution is 2.29. The first-order valence-corrected chi connectivity index (χ1v) is 7.77. The molecule has 0 heterocycles. The van der Waals surface area contributed by atoms with Gasteiger partial charge < -0.3 is 16.0 Å². The Morgan fingerprint density at radius 1 is 0.923 bits per heavy atom. The second-order valence-corrected chi connectivity index (χ2v) is 5.59. The van der Waals surface area contributed by atoms with Gasteiger partial charge in [0.25, 0.3) is 5.91 Å². The van der Waals surface area contributed by atoms with Crippen molar-refractivity contribution in [3.8, 4) is 0 Å². The normalized spacial score (nSPS) is 12.2. The van der Waals surface area contributed by atoms with E-state index in [0.717, 1.165) is 12.1 Å². The maximum absolute atomic E-state index is 12.5. The van der Waals surface area contributed by atoms with E-state index in [1.54, 1.807) is 31.2 Å². The third kappa shape index (κ3) is 4.98. The molecule has 0 aromatic heterocycles. The molecule has 2 rings (SSSR count). The van der Waals surface area contributed by atoms with Crippen LogP contribution in [-0.4, -0.2) is 24.9 Å². The van der Waals surface area contributed by atoms with E-state index in [9.17, 15) is 22.8 Å². The number of alkyl halides is 3. The van der Waals surface area contributed by atoms with Gasteiger partial charge in [0.05, 0.1) is 5.56 Å². The molecule has 5 nitrogen and oxygen atoms in total. The van der Waals surface area contributed by atoms with E-state index >= 15 is 0 Å². The first kappa shape index (κ1) is 19.3. The van der Waals surface area contributed by atoms with Crippen molar-refractivity contribution in [3.05, 3.63) is 59.7 Å². The molecule has 0 saturated carbocycles. The van der Waals surface area contributed by atoms with Gasteiger partial charge in [-0.1, -0.05) is 0 Å². The van der Waals surface area contributed by atoms with Crippen LogP contribution in [0.25, 0.3) is 0 Å². The summed E-state index contributed by atoms with van der Waals surface area (Å²) >= 11 is 0. The molecule has 138 valence electrons. The van der Waals surface area contributed by atoms with Gasteiger partial charge in [-0.15, -0.1) is 0 Å². The zero-order chi connectivity index (χ0) is 19.3. The minimum absolute atomic E-state index is 0.218. The van der Waals surface area contributed by atoms with E-state index in [-0.39, 0.29) is 11.6 Å². The number of halogens is 3. The smallest absolute Gasteiger partial charge is 0.374 e. The van der Waals surface area contributed by atoms with Crippen LogP contribution in [0.2, 0.25) is 0 Å². The first-order valence-electron chi connectivity index (χ1n) is 7.77. The third-order valence-electron chi connectivity index (χ3n) is 3.63. The lowest BCUT2D eigenvalue weighted by molar-refractivity contribution is -0.137. The summed E-state index contributed by atoms with van der Waals surface area (Å²) in [5.74, 6) is -0.621. The quantitative estimate of drug-likeness (QED) is 0.760. The molecule has 0 radical (unpaired) electrons. The molecule has 0 aliphatic heterocycles. The van der Waals surface area contributed by atoms with Gasteiger partial charge >= 0.3 is 6.18 Å². The Hall–Kier alpha value is -3.03. The van der Waals surface area contributed by atoms with E-state index in [1.165, 1.54) is 19.2 Å². The topological polar surface area (TPSA) is 70.2 Å². The van der Waals surface area contributed by atoms with E-state index in [0.29, 0.717) is 11.3 Å². The summed E-state index contributed by atoms with van der Waals surface area (Å²) in [7, 11) is 1.53. The molecule has 2 aromatic carbocycles. The molecular formula is C18H18F3N3O2. The zero-order valence-corrected chi connectivity index (χ0v) is 14.1. The van der Waals surface area contributed by atoms with Crippen molar-refractivity contribution in [3.63, 3.8) is 0 Å². The molecule has 1 atom stereocenters. The second-order valence-electron chi connectivity index (χ2n) is 5.59. The Morgan fingerprint density at radius 2 is 1.46 bits per heavy atom. The highest BCUT2D eigenvalue weighted by Gasteiger charge is 2.30. The van der Waals surface area contributed by atoms with Crippen LogP contribution in [0, 0.1) is 0 Å². The van der Waals surface area contributed by atoms with Gasteiger partial charge in [-0.3, -0.25) is 9.59 Å². The fraction of sp³-hybridized carbons (Fsp3) is 0.222. The summed E-state index contributed by atoms with van der Waals surface area (Å²) in [5.41, 5.74) is 0.608. The highest BCUT2D eigenvalue weighted by molar-refractivity contribution is 5.96.